The summed E-state index contributed by atoms with van der Waals surface area (Å²) in [4.78, 5) is 8.71. The summed E-state index contributed by atoms with van der Waals surface area (Å²) < 4.78 is 5.83. The van der Waals surface area contributed by atoms with Crippen molar-refractivity contribution in [2.45, 2.75) is 31.8 Å². The van der Waals surface area contributed by atoms with E-state index in [2.05, 4.69) is 30.8 Å². The zero-order valence-corrected chi connectivity index (χ0v) is 11.6. The van der Waals surface area contributed by atoms with Gasteiger partial charge in [-0.2, -0.15) is 15.1 Å². The fourth-order valence-corrected chi connectivity index (χ4v) is 2.53. The molecule has 0 unspecified atom stereocenters. The molecule has 2 aromatic rings. The largest absolute Gasteiger partial charge is 0.376 e. The van der Waals surface area contributed by atoms with Crippen LogP contribution in [0.25, 0.3) is 11.0 Å². The van der Waals surface area contributed by atoms with E-state index in [1.807, 2.05) is 0 Å². The highest BCUT2D eigenvalue weighted by Gasteiger charge is 2.15. The number of ether oxygens (including phenoxy) is 1. The Morgan fingerprint density at radius 2 is 2.20 bits per heavy atom. The van der Waals surface area contributed by atoms with Crippen molar-refractivity contribution >= 4 is 22.8 Å². The Labute approximate surface area is 117 Å². The SMILES string of the molecule is CNc1nc(NCCOC2CCCC2)c2cn[nH]c2n1. The van der Waals surface area contributed by atoms with Gasteiger partial charge in [0.25, 0.3) is 0 Å². The molecule has 1 fully saturated rings. The fraction of sp³-hybridized carbons (Fsp3) is 0.615. The zero-order valence-electron chi connectivity index (χ0n) is 11.6. The quantitative estimate of drug-likeness (QED) is 0.697. The number of hydrogen-bond acceptors (Lipinski definition) is 6. The van der Waals surface area contributed by atoms with E-state index in [0.717, 1.165) is 23.4 Å². The summed E-state index contributed by atoms with van der Waals surface area (Å²) in [6.07, 6.45) is 7.17. The lowest BCUT2D eigenvalue weighted by Gasteiger charge is -2.12. The lowest BCUT2D eigenvalue weighted by atomic mass is 10.3. The number of aromatic nitrogens is 4. The minimum atomic E-state index is 0.448. The van der Waals surface area contributed by atoms with Crippen molar-refractivity contribution in [3.05, 3.63) is 6.20 Å². The number of fused-ring (bicyclic) bond motifs is 1. The summed E-state index contributed by atoms with van der Waals surface area (Å²) >= 11 is 0. The molecule has 20 heavy (non-hydrogen) atoms. The van der Waals surface area contributed by atoms with E-state index in [1.165, 1.54) is 25.7 Å². The number of rotatable bonds is 6. The maximum absolute atomic E-state index is 5.83. The van der Waals surface area contributed by atoms with Gasteiger partial charge < -0.3 is 15.4 Å². The summed E-state index contributed by atoms with van der Waals surface area (Å²) in [5.74, 6) is 1.35. The van der Waals surface area contributed by atoms with E-state index < -0.39 is 0 Å². The second-order valence-corrected chi connectivity index (χ2v) is 4.98. The van der Waals surface area contributed by atoms with Crippen LogP contribution in [0.2, 0.25) is 0 Å². The van der Waals surface area contributed by atoms with Crippen molar-refractivity contribution in [1.82, 2.24) is 20.2 Å². The van der Waals surface area contributed by atoms with Gasteiger partial charge in [0, 0.05) is 13.6 Å². The molecule has 0 bridgehead atoms. The summed E-state index contributed by atoms with van der Waals surface area (Å²) in [7, 11) is 1.80. The minimum absolute atomic E-state index is 0.448. The van der Waals surface area contributed by atoms with E-state index in [4.69, 9.17) is 4.74 Å². The molecule has 3 rings (SSSR count). The van der Waals surface area contributed by atoms with Crippen LogP contribution >= 0.6 is 0 Å². The minimum Gasteiger partial charge on any atom is -0.376 e. The summed E-state index contributed by atoms with van der Waals surface area (Å²) in [5, 5.41) is 14.0. The first-order chi connectivity index (χ1) is 9.86. The van der Waals surface area contributed by atoms with Crippen molar-refractivity contribution in [3.63, 3.8) is 0 Å². The van der Waals surface area contributed by atoms with Gasteiger partial charge in [0.05, 0.1) is 24.3 Å². The molecule has 3 N–H and O–H groups in total. The molecule has 7 nitrogen and oxygen atoms in total. The van der Waals surface area contributed by atoms with Gasteiger partial charge in [0.15, 0.2) is 5.65 Å². The van der Waals surface area contributed by atoms with Crippen LogP contribution in [0, 0.1) is 0 Å². The molecule has 2 heterocycles. The number of nitrogens with zero attached hydrogens (tertiary/aromatic N) is 3. The monoisotopic (exact) mass is 276 g/mol. The molecule has 0 aliphatic heterocycles. The average molecular weight is 276 g/mol. The first-order valence-corrected chi connectivity index (χ1v) is 7.11. The highest BCUT2D eigenvalue weighted by Crippen LogP contribution is 2.21. The number of hydrogen-bond donors (Lipinski definition) is 3. The van der Waals surface area contributed by atoms with E-state index >= 15 is 0 Å². The number of anilines is 2. The first kappa shape index (κ1) is 13.1. The third-order valence-electron chi connectivity index (χ3n) is 3.58. The molecule has 0 atom stereocenters. The van der Waals surface area contributed by atoms with Gasteiger partial charge in [-0.25, -0.2) is 0 Å². The standard InChI is InChI=1S/C13H20N6O/c1-14-13-17-11(10-8-16-19-12(10)18-13)15-6-7-20-9-4-2-3-5-9/h8-9H,2-7H2,1H3,(H3,14,15,16,17,18,19). The van der Waals surface area contributed by atoms with Crippen LogP contribution in [-0.4, -0.2) is 46.5 Å². The maximum Gasteiger partial charge on any atom is 0.226 e. The third kappa shape index (κ3) is 2.82. The highest BCUT2D eigenvalue weighted by atomic mass is 16.5. The second-order valence-electron chi connectivity index (χ2n) is 4.98. The lowest BCUT2D eigenvalue weighted by molar-refractivity contribution is 0.0659. The van der Waals surface area contributed by atoms with Crippen LogP contribution in [0.1, 0.15) is 25.7 Å². The molecule has 1 aliphatic rings. The predicted molar refractivity (Wildman–Crippen MR) is 77.9 cm³/mol. The molecule has 0 saturated heterocycles. The molecule has 108 valence electrons. The van der Waals surface area contributed by atoms with Gasteiger partial charge in [-0.05, 0) is 12.8 Å². The Hall–Kier alpha value is -1.89. The van der Waals surface area contributed by atoms with Gasteiger partial charge in [0.1, 0.15) is 5.82 Å². The summed E-state index contributed by atoms with van der Waals surface area (Å²) in [5.41, 5.74) is 0.726. The smallest absolute Gasteiger partial charge is 0.226 e. The Morgan fingerprint density at radius 3 is 3.00 bits per heavy atom. The molecule has 7 heteroatoms. The van der Waals surface area contributed by atoms with Crippen molar-refractivity contribution in [2.75, 3.05) is 30.8 Å². The van der Waals surface area contributed by atoms with Crippen LogP contribution in [0.4, 0.5) is 11.8 Å². The summed E-state index contributed by atoms with van der Waals surface area (Å²) in [6.45, 7) is 1.43. The molecular formula is C13H20N6O. The predicted octanol–water partition coefficient (Wildman–Crippen LogP) is 1.77. The normalized spacial score (nSPS) is 15.8. The van der Waals surface area contributed by atoms with Gasteiger partial charge in [0.2, 0.25) is 5.95 Å². The number of aromatic amines is 1. The lowest BCUT2D eigenvalue weighted by Crippen LogP contribution is -2.16. The molecular weight excluding hydrogens is 256 g/mol. The Kier molecular flexibility index (Phi) is 3.96. The van der Waals surface area contributed by atoms with Crippen LogP contribution in [-0.2, 0) is 4.74 Å². The Balaban J connectivity index is 1.59. The van der Waals surface area contributed by atoms with E-state index in [1.54, 1.807) is 13.2 Å². The molecule has 0 radical (unpaired) electrons. The van der Waals surface area contributed by atoms with Gasteiger partial charge in [-0.15, -0.1) is 0 Å². The second kappa shape index (κ2) is 6.04. The van der Waals surface area contributed by atoms with Crippen molar-refractivity contribution in [1.29, 1.82) is 0 Å². The van der Waals surface area contributed by atoms with Crippen molar-refractivity contribution in [3.8, 4) is 0 Å². The molecule has 0 amide bonds. The number of H-pyrrole nitrogens is 1. The van der Waals surface area contributed by atoms with E-state index in [0.29, 0.717) is 18.7 Å². The summed E-state index contributed by atoms with van der Waals surface area (Å²) in [6, 6.07) is 0. The van der Waals surface area contributed by atoms with Crippen LogP contribution in [0.15, 0.2) is 6.20 Å². The maximum atomic E-state index is 5.83. The molecule has 0 spiro atoms. The van der Waals surface area contributed by atoms with Crippen LogP contribution < -0.4 is 10.6 Å². The molecule has 1 aliphatic carbocycles. The average Bonchev–Trinajstić information content (AvgIpc) is 3.13. The number of nitrogens with one attached hydrogen (secondary N) is 3. The topological polar surface area (TPSA) is 87.8 Å². The van der Waals surface area contributed by atoms with Gasteiger partial charge in [-0.3, -0.25) is 5.10 Å². The first-order valence-electron chi connectivity index (χ1n) is 7.11. The fourth-order valence-electron chi connectivity index (χ4n) is 2.53. The molecule has 2 aromatic heterocycles. The van der Waals surface area contributed by atoms with Crippen LogP contribution in [0.3, 0.4) is 0 Å². The van der Waals surface area contributed by atoms with Crippen LogP contribution in [0.5, 0.6) is 0 Å². The van der Waals surface area contributed by atoms with E-state index in [9.17, 15) is 0 Å². The van der Waals surface area contributed by atoms with Crippen molar-refractivity contribution < 1.29 is 4.74 Å². The zero-order chi connectivity index (χ0) is 13.8. The molecule has 0 aromatic carbocycles. The Bertz CT molecular complexity index is 563. The Morgan fingerprint density at radius 1 is 1.35 bits per heavy atom. The van der Waals surface area contributed by atoms with Gasteiger partial charge in [-0.1, -0.05) is 12.8 Å². The van der Waals surface area contributed by atoms with E-state index in [-0.39, 0.29) is 0 Å². The van der Waals surface area contributed by atoms with Gasteiger partial charge >= 0.3 is 0 Å². The highest BCUT2D eigenvalue weighted by molar-refractivity contribution is 5.86. The van der Waals surface area contributed by atoms with Crippen molar-refractivity contribution in [2.24, 2.45) is 0 Å². The third-order valence-corrected chi connectivity index (χ3v) is 3.58. The molecule has 1 saturated carbocycles.